The third-order valence-corrected chi connectivity index (χ3v) is 5.40. The number of anilines is 1. The summed E-state index contributed by atoms with van der Waals surface area (Å²) in [7, 11) is 0. The molecule has 158 valence electrons. The van der Waals surface area contributed by atoms with Gasteiger partial charge >= 0.3 is 0 Å². The van der Waals surface area contributed by atoms with Crippen LogP contribution in [0.15, 0.2) is 72.8 Å². The van der Waals surface area contributed by atoms with Crippen molar-refractivity contribution in [2.24, 2.45) is 0 Å². The van der Waals surface area contributed by atoms with Crippen LogP contribution in [-0.4, -0.2) is 23.4 Å². The summed E-state index contributed by atoms with van der Waals surface area (Å²) in [6, 6.07) is 19.3. The van der Waals surface area contributed by atoms with E-state index in [0.717, 1.165) is 0 Å². The van der Waals surface area contributed by atoms with Gasteiger partial charge in [0.25, 0.3) is 5.91 Å². The Balaban J connectivity index is 1.61. The fourth-order valence-corrected chi connectivity index (χ4v) is 3.84. The number of ether oxygens (including phenoxy) is 1. The molecular formula is C25H22FNO4. The van der Waals surface area contributed by atoms with Crippen LogP contribution in [0.5, 0.6) is 5.75 Å². The van der Waals surface area contributed by atoms with E-state index in [4.69, 9.17) is 4.74 Å². The van der Waals surface area contributed by atoms with Crippen LogP contribution in [0.3, 0.4) is 0 Å². The van der Waals surface area contributed by atoms with E-state index in [1.54, 1.807) is 60.7 Å². The summed E-state index contributed by atoms with van der Waals surface area (Å²) >= 11 is 0. The Bertz CT molecular complexity index is 1110. The number of nitrogens with zero attached hydrogens (tertiary/aromatic N) is 1. The van der Waals surface area contributed by atoms with Gasteiger partial charge in [-0.05, 0) is 55.0 Å². The summed E-state index contributed by atoms with van der Waals surface area (Å²) in [6.45, 7) is 2.55. The fraction of sp³-hybridized carbons (Fsp3) is 0.200. The number of hydrogen-bond acceptors (Lipinski definition) is 4. The van der Waals surface area contributed by atoms with E-state index in [9.17, 15) is 19.1 Å². The van der Waals surface area contributed by atoms with E-state index < -0.39 is 11.5 Å². The van der Waals surface area contributed by atoms with Crippen LogP contribution in [0.25, 0.3) is 0 Å². The van der Waals surface area contributed by atoms with E-state index in [0.29, 0.717) is 34.7 Å². The molecule has 1 aliphatic heterocycles. The van der Waals surface area contributed by atoms with Gasteiger partial charge in [-0.2, -0.15) is 0 Å². The highest BCUT2D eigenvalue weighted by Crippen LogP contribution is 2.43. The van der Waals surface area contributed by atoms with Crippen molar-refractivity contribution in [3.63, 3.8) is 0 Å². The van der Waals surface area contributed by atoms with Crippen LogP contribution in [-0.2, 0) is 16.9 Å². The van der Waals surface area contributed by atoms with Crippen LogP contribution in [0, 0.1) is 5.82 Å². The number of ketones is 1. The van der Waals surface area contributed by atoms with E-state index in [1.807, 2.05) is 6.92 Å². The molecule has 0 fully saturated rings. The highest BCUT2D eigenvalue weighted by atomic mass is 19.1. The van der Waals surface area contributed by atoms with Gasteiger partial charge in [-0.1, -0.05) is 30.3 Å². The molecule has 0 aliphatic carbocycles. The van der Waals surface area contributed by atoms with Gasteiger partial charge < -0.3 is 14.7 Å². The van der Waals surface area contributed by atoms with E-state index >= 15 is 0 Å². The van der Waals surface area contributed by atoms with Crippen LogP contribution in [0.2, 0.25) is 0 Å². The molecule has 0 saturated heterocycles. The van der Waals surface area contributed by atoms with Gasteiger partial charge in [-0.25, -0.2) is 4.39 Å². The SMILES string of the molecule is CCOc1ccc(C(=O)C[C@@]2(O)C(=O)N(Cc3ccc(F)cc3)c3ccccc32)cc1. The monoisotopic (exact) mass is 419 g/mol. The van der Waals surface area contributed by atoms with Crippen molar-refractivity contribution in [3.8, 4) is 5.75 Å². The first-order chi connectivity index (χ1) is 14.9. The van der Waals surface area contributed by atoms with Gasteiger partial charge in [0.2, 0.25) is 0 Å². The minimum absolute atomic E-state index is 0.162. The first kappa shape index (κ1) is 20.8. The van der Waals surface area contributed by atoms with Crippen molar-refractivity contribution in [2.75, 3.05) is 11.5 Å². The molecule has 3 aromatic rings. The maximum absolute atomic E-state index is 13.3. The molecule has 0 aromatic heterocycles. The van der Waals surface area contributed by atoms with Crippen molar-refractivity contribution in [1.82, 2.24) is 0 Å². The van der Waals surface area contributed by atoms with Gasteiger partial charge in [-0.15, -0.1) is 0 Å². The standard InChI is InChI=1S/C25H22FNO4/c1-2-31-20-13-9-18(10-14-20)23(28)15-25(30)21-5-3-4-6-22(21)27(24(25)29)16-17-7-11-19(26)12-8-17/h3-14,30H,2,15-16H2,1H3/t25-/m0/s1. The smallest absolute Gasteiger partial charge is 0.264 e. The molecule has 6 heteroatoms. The zero-order valence-electron chi connectivity index (χ0n) is 17.0. The third kappa shape index (κ3) is 3.94. The number of benzene rings is 3. The molecule has 1 atom stereocenters. The highest BCUT2D eigenvalue weighted by Gasteiger charge is 2.50. The molecule has 0 saturated carbocycles. The minimum atomic E-state index is -1.97. The average Bonchev–Trinajstić information content (AvgIpc) is 2.98. The van der Waals surface area contributed by atoms with Gasteiger partial charge in [0.1, 0.15) is 11.6 Å². The molecule has 1 heterocycles. The van der Waals surface area contributed by atoms with Gasteiger partial charge in [-0.3, -0.25) is 9.59 Å². The number of amides is 1. The lowest BCUT2D eigenvalue weighted by Gasteiger charge is -2.23. The molecule has 1 aliphatic rings. The largest absolute Gasteiger partial charge is 0.494 e. The number of fused-ring (bicyclic) bond motifs is 1. The van der Waals surface area contributed by atoms with Gasteiger partial charge in [0.05, 0.1) is 25.3 Å². The predicted octanol–water partition coefficient (Wildman–Crippen LogP) is 4.23. The van der Waals surface area contributed by atoms with E-state index in [2.05, 4.69) is 0 Å². The molecule has 1 N–H and O–H groups in total. The Hall–Kier alpha value is -3.51. The van der Waals surface area contributed by atoms with Crippen molar-refractivity contribution in [3.05, 3.63) is 95.3 Å². The number of aliphatic hydroxyl groups is 1. The number of para-hydroxylation sites is 1. The van der Waals surface area contributed by atoms with Crippen molar-refractivity contribution in [2.45, 2.75) is 25.5 Å². The van der Waals surface area contributed by atoms with E-state index in [1.165, 1.54) is 17.0 Å². The molecule has 0 spiro atoms. The van der Waals surface area contributed by atoms with Crippen molar-refractivity contribution in [1.29, 1.82) is 0 Å². The quantitative estimate of drug-likeness (QED) is 0.582. The maximum atomic E-state index is 13.3. The topological polar surface area (TPSA) is 66.8 Å². The van der Waals surface area contributed by atoms with Crippen LogP contribution < -0.4 is 9.64 Å². The summed E-state index contributed by atoms with van der Waals surface area (Å²) in [5.74, 6) is -0.644. The first-order valence-electron chi connectivity index (χ1n) is 10.1. The predicted molar refractivity (Wildman–Crippen MR) is 114 cm³/mol. The molecule has 1 amide bonds. The molecule has 4 rings (SSSR count). The molecular weight excluding hydrogens is 397 g/mol. The minimum Gasteiger partial charge on any atom is -0.494 e. The van der Waals surface area contributed by atoms with Gasteiger partial charge in [0, 0.05) is 11.1 Å². The van der Waals surface area contributed by atoms with E-state index in [-0.39, 0.29) is 24.6 Å². The second kappa shape index (κ2) is 8.32. The second-order valence-electron chi connectivity index (χ2n) is 7.45. The molecule has 0 bridgehead atoms. The number of carbonyl (C=O) groups is 2. The highest BCUT2D eigenvalue weighted by molar-refractivity contribution is 6.10. The van der Waals surface area contributed by atoms with Gasteiger partial charge in [0.15, 0.2) is 11.4 Å². The number of carbonyl (C=O) groups excluding carboxylic acids is 2. The van der Waals surface area contributed by atoms with Crippen LogP contribution >= 0.6 is 0 Å². The zero-order chi connectivity index (χ0) is 22.0. The summed E-state index contributed by atoms with van der Waals surface area (Å²) < 4.78 is 18.6. The second-order valence-corrected chi connectivity index (χ2v) is 7.45. The molecule has 3 aromatic carbocycles. The normalized spacial score (nSPS) is 17.5. The lowest BCUT2D eigenvalue weighted by molar-refractivity contribution is -0.136. The van der Waals surface area contributed by atoms with Crippen LogP contribution in [0.4, 0.5) is 10.1 Å². The maximum Gasteiger partial charge on any atom is 0.264 e. The number of halogens is 1. The summed E-state index contributed by atoms with van der Waals surface area (Å²) in [6.07, 6.45) is -0.378. The zero-order valence-corrected chi connectivity index (χ0v) is 17.0. The lowest BCUT2D eigenvalue weighted by atomic mass is 9.88. The third-order valence-electron chi connectivity index (χ3n) is 5.40. The fourth-order valence-electron chi connectivity index (χ4n) is 3.84. The summed E-state index contributed by atoms with van der Waals surface area (Å²) in [5.41, 5.74) is 0.0674. The Morgan fingerprint density at radius 3 is 2.39 bits per heavy atom. The first-order valence-corrected chi connectivity index (χ1v) is 10.1. The number of Topliss-reactive ketones (excluding diaryl/α,β-unsaturated/α-hetero) is 1. The van der Waals surface area contributed by atoms with Crippen LogP contribution in [0.1, 0.15) is 34.8 Å². The number of hydrogen-bond donors (Lipinski definition) is 1. The Labute approximate surface area is 179 Å². The van der Waals surface area contributed by atoms with Crippen molar-refractivity contribution >= 4 is 17.4 Å². The molecule has 5 nitrogen and oxygen atoms in total. The van der Waals surface area contributed by atoms with Crippen molar-refractivity contribution < 1.29 is 23.8 Å². The summed E-state index contributed by atoms with van der Waals surface area (Å²) in [4.78, 5) is 27.6. The average molecular weight is 419 g/mol. The number of rotatable bonds is 7. The Morgan fingerprint density at radius 1 is 1.03 bits per heavy atom. The molecule has 0 radical (unpaired) electrons. The summed E-state index contributed by atoms with van der Waals surface area (Å²) in [5, 5.41) is 11.4. The lowest BCUT2D eigenvalue weighted by Crippen LogP contribution is -2.41. The molecule has 31 heavy (non-hydrogen) atoms. The Kier molecular flexibility index (Phi) is 5.57. The molecule has 0 unspecified atom stereocenters. The Morgan fingerprint density at radius 2 is 1.71 bits per heavy atom.